The summed E-state index contributed by atoms with van der Waals surface area (Å²) in [5, 5.41) is 10.2. The fraction of sp³-hybridized carbons (Fsp3) is 0.929. The van der Waals surface area contributed by atoms with Gasteiger partial charge in [0.15, 0.2) is 0 Å². The van der Waals surface area contributed by atoms with Crippen LogP contribution in [0.25, 0.3) is 0 Å². The molecule has 0 amide bonds. The van der Waals surface area contributed by atoms with Crippen LogP contribution in [0, 0.1) is 52.3 Å². The number of aliphatic hydroxyl groups is 1. The van der Waals surface area contributed by atoms with Crippen LogP contribution >= 0.6 is 0 Å². The van der Waals surface area contributed by atoms with Gasteiger partial charge in [-0.2, -0.15) is 0 Å². The van der Waals surface area contributed by atoms with E-state index in [1.165, 1.54) is 38.5 Å². The summed E-state index contributed by atoms with van der Waals surface area (Å²) in [5.41, 5.74) is 2.48. The van der Waals surface area contributed by atoms with Gasteiger partial charge in [-0.15, -0.1) is 0 Å². The monoisotopic (exact) mass is 414 g/mol. The van der Waals surface area contributed by atoms with Crippen LogP contribution in [0.2, 0.25) is 0 Å². The number of hydrogen-bond acceptors (Lipinski definition) is 2. The van der Waals surface area contributed by atoms with Crippen molar-refractivity contribution < 1.29 is 9.84 Å². The maximum atomic E-state index is 10.2. The standard InChI is InChI=1S/C28H46O2/c1-16(2)17(3)25-26(30-25)18(4)22-9-10-23-21-8-7-19-15-20(29)11-13-27(19,5)24(21)12-14-28(22,23)6/h7,16-18,20-26,29H,8-15H2,1-6H3/t17-,18+,20+,21?,22-,23?,24?,25+,26+,27+,28-/m1/s1. The van der Waals surface area contributed by atoms with Crippen LogP contribution < -0.4 is 0 Å². The zero-order chi connectivity index (χ0) is 21.4. The molecule has 0 bridgehead atoms. The van der Waals surface area contributed by atoms with Gasteiger partial charge >= 0.3 is 0 Å². The van der Waals surface area contributed by atoms with Gasteiger partial charge in [-0.1, -0.05) is 53.2 Å². The molecule has 1 aliphatic heterocycles. The van der Waals surface area contributed by atoms with Crippen LogP contribution in [-0.4, -0.2) is 23.4 Å². The van der Waals surface area contributed by atoms with Crippen LogP contribution in [0.5, 0.6) is 0 Å². The molecule has 3 saturated carbocycles. The molecule has 4 aliphatic carbocycles. The second kappa shape index (κ2) is 7.34. The first kappa shape index (κ1) is 21.5. The summed E-state index contributed by atoms with van der Waals surface area (Å²) < 4.78 is 6.31. The van der Waals surface area contributed by atoms with E-state index in [0.717, 1.165) is 36.5 Å². The Morgan fingerprint density at radius 2 is 1.73 bits per heavy atom. The predicted octanol–water partition coefficient (Wildman–Crippen LogP) is 6.62. The molecule has 0 aromatic carbocycles. The van der Waals surface area contributed by atoms with Gasteiger partial charge in [0.25, 0.3) is 0 Å². The lowest BCUT2D eigenvalue weighted by Crippen LogP contribution is -2.51. The van der Waals surface area contributed by atoms with Crippen molar-refractivity contribution in [1.29, 1.82) is 0 Å². The van der Waals surface area contributed by atoms with Gasteiger partial charge in [-0.3, -0.25) is 0 Å². The predicted molar refractivity (Wildman–Crippen MR) is 123 cm³/mol. The maximum Gasteiger partial charge on any atom is 0.0873 e. The quantitative estimate of drug-likeness (QED) is 0.414. The molecular weight excluding hydrogens is 368 g/mol. The highest BCUT2D eigenvalue weighted by Gasteiger charge is 2.61. The molecular formula is C28H46O2. The van der Waals surface area contributed by atoms with Crippen molar-refractivity contribution in [3.8, 4) is 0 Å². The second-order valence-electron chi connectivity index (χ2n) is 12.9. The molecule has 5 aliphatic rings. The molecule has 0 aromatic heterocycles. The average Bonchev–Trinajstić information content (AvgIpc) is 3.42. The first-order valence-corrected chi connectivity index (χ1v) is 13.2. The molecule has 170 valence electrons. The molecule has 11 atom stereocenters. The van der Waals surface area contributed by atoms with Gasteiger partial charge in [0, 0.05) is 0 Å². The highest BCUT2D eigenvalue weighted by atomic mass is 16.6. The Morgan fingerprint density at radius 3 is 2.47 bits per heavy atom. The number of ether oxygens (including phenoxy) is 1. The number of epoxide rings is 1. The van der Waals surface area contributed by atoms with E-state index in [0.29, 0.717) is 40.8 Å². The van der Waals surface area contributed by atoms with Crippen molar-refractivity contribution in [2.75, 3.05) is 0 Å². The third-order valence-electron chi connectivity index (χ3n) is 11.4. The van der Waals surface area contributed by atoms with Crippen LogP contribution in [0.3, 0.4) is 0 Å². The molecule has 0 radical (unpaired) electrons. The van der Waals surface area contributed by atoms with Crippen molar-refractivity contribution in [1.82, 2.24) is 0 Å². The smallest absolute Gasteiger partial charge is 0.0873 e. The van der Waals surface area contributed by atoms with Crippen molar-refractivity contribution >= 4 is 0 Å². The highest BCUT2D eigenvalue weighted by Crippen LogP contribution is 2.67. The third kappa shape index (κ3) is 3.10. The summed E-state index contributed by atoms with van der Waals surface area (Å²) in [6.45, 7) is 14.8. The first-order chi connectivity index (χ1) is 14.2. The minimum Gasteiger partial charge on any atom is -0.393 e. The van der Waals surface area contributed by atoms with Gasteiger partial charge in [-0.25, -0.2) is 0 Å². The Balaban J connectivity index is 1.34. The summed E-state index contributed by atoms with van der Waals surface area (Å²) in [6.07, 6.45) is 13.6. The number of hydrogen-bond donors (Lipinski definition) is 1. The Labute approximate surface area is 185 Å². The van der Waals surface area contributed by atoms with E-state index in [1.807, 2.05) is 0 Å². The average molecular weight is 415 g/mol. The summed E-state index contributed by atoms with van der Waals surface area (Å²) in [4.78, 5) is 0. The molecule has 3 unspecified atom stereocenters. The normalized spacial score (nSPS) is 52.1. The molecule has 2 heteroatoms. The summed E-state index contributed by atoms with van der Waals surface area (Å²) in [6, 6.07) is 0. The van der Waals surface area contributed by atoms with Crippen molar-refractivity contribution in [3.05, 3.63) is 11.6 Å². The van der Waals surface area contributed by atoms with Crippen LogP contribution in [0.4, 0.5) is 0 Å². The van der Waals surface area contributed by atoms with E-state index in [-0.39, 0.29) is 6.10 Å². The Bertz CT molecular complexity index is 697. The third-order valence-corrected chi connectivity index (χ3v) is 11.4. The Kier molecular flexibility index (Phi) is 5.26. The lowest BCUT2D eigenvalue weighted by Gasteiger charge is -2.58. The molecule has 5 rings (SSSR count). The van der Waals surface area contributed by atoms with Gasteiger partial charge in [0.2, 0.25) is 0 Å². The minimum atomic E-state index is -0.0915. The van der Waals surface area contributed by atoms with E-state index < -0.39 is 0 Å². The molecule has 30 heavy (non-hydrogen) atoms. The molecule has 4 fully saturated rings. The number of rotatable bonds is 4. The van der Waals surface area contributed by atoms with E-state index in [9.17, 15) is 5.11 Å². The summed E-state index contributed by atoms with van der Waals surface area (Å²) in [7, 11) is 0. The van der Waals surface area contributed by atoms with Gasteiger partial charge < -0.3 is 9.84 Å². The molecule has 1 N–H and O–H groups in total. The molecule has 1 saturated heterocycles. The molecule has 0 aromatic rings. The fourth-order valence-electron chi connectivity index (χ4n) is 9.14. The zero-order valence-corrected chi connectivity index (χ0v) is 20.4. The fourth-order valence-corrected chi connectivity index (χ4v) is 9.14. The lowest BCUT2D eigenvalue weighted by atomic mass is 9.47. The van der Waals surface area contributed by atoms with Crippen LogP contribution in [0.15, 0.2) is 11.6 Å². The van der Waals surface area contributed by atoms with Gasteiger partial charge in [0.05, 0.1) is 18.3 Å². The van der Waals surface area contributed by atoms with Crippen molar-refractivity contribution in [3.63, 3.8) is 0 Å². The number of fused-ring (bicyclic) bond motifs is 5. The van der Waals surface area contributed by atoms with E-state index in [1.54, 1.807) is 5.57 Å². The van der Waals surface area contributed by atoms with Crippen molar-refractivity contribution in [2.45, 2.75) is 111 Å². The Morgan fingerprint density at radius 1 is 0.967 bits per heavy atom. The molecule has 0 spiro atoms. The van der Waals surface area contributed by atoms with Crippen LogP contribution in [-0.2, 0) is 4.74 Å². The first-order valence-electron chi connectivity index (χ1n) is 13.2. The SMILES string of the molecule is CC(C)[C@@H](C)[C@@H]1O[C@H]1[C@@H](C)[C@H]1CCC2C3CC=C4C[C@@H](O)CC[C@]4(C)C3CC[C@@]21C. The highest BCUT2D eigenvalue weighted by molar-refractivity contribution is 5.25. The van der Waals surface area contributed by atoms with Crippen molar-refractivity contribution in [2.24, 2.45) is 52.3 Å². The van der Waals surface area contributed by atoms with Crippen LogP contribution in [0.1, 0.15) is 92.9 Å². The minimum absolute atomic E-state index is 0.0915. The van der Waals surface area contributed by atoms with Gasteiger partial charge in [-0.05, 0) is 104 Å². The van der Waals surface area contributed by atoms with E-state index in [4.69, 9.17) is 4.74 Å². The maximum absolute atomic E-state index is 10.2. The van der Waals surface area contributed by atoms with E-state index in [2.05, 4.69) is 47.6 Å². The molecule has 1 heterocycles. The van der Waals surface area contributed by atoms with Gasteiger partial charge in [0.1, 0.15) is 0 Å². The Hall–Kier alpha value is -0.340. The van der Waals surface area contributed by atoms with E-state index >= 15 is 0 Å². The lowest BCUT2D eigenvalue weighted by molar-refractivity contribution is -0.0582. The summed E-state index contributed by atoms with van der Waals surface area (Å²) >= 11 is 0. The zero-order valence-electron chi connectivity index (χ0n) is 20.4. The molecule has 2 nitrogen and oxygen atoms in total. The topological polar surface area (TPSA) is 32.8 Å². The summed E-state index contributed by atoms with van der Waals surface area (Å²) in [5.74, 6) is 5.56. The number of aliphatic hydroxyl groups excluding tert-OH is 1. The number of allylic oxidation sites excluding steroid dienone is 1. The second-order valence-corrected chi connectivity index (χ2v) is 12.9. The largest absolute Gasteiger partial charge is 0.393 e.